The highest BCUT2D eigenvalue weighted by atomic mass is 35.5. The lowest BCUT2D eigenvalue weighted by Gasteiger charge is -2.13. The molecule has 0 aliphatic rings. The van der Waals surface area contributed by atoms with Gasteiger partial charge in [-0.25, -0.2) is 9.67 Å². The average Bonchev–Trinajstić information content (AvgIpc) is 2.82. The van der Waals surface area contributed by atoms with Crippen molar-refractivity contribution in [1.29, 1.82) is 0 Å². The minimum Gasteiger partial charge on any atom is -0.392 e. The number of hydrogen-bond acceptors (Lipinski definition) is 3. The van der Waals surface area contributed by atoms with Gasteiger partial charge in [0.2, 0.25) is 0 Å². The van der Waals surface area contributed by atoms with Crippen molar-refractivity contribution in [3.05, 3.63) is 46.0 Å². The number of rotatable bonds is 5. The van der Waals surface area contributed by atoms with E-state index in [1.165, 1.54) is 6.33 Å². The van der Waals surface area contributed by atoms with E-state index in [1.54, 1.807) is 12.1 Å². The zero-order chi connectivity index (χ0) is 14.7. The van der Waals surface area contributed by atoms with Crippen LogP contribution in [0.5, 0.6) is 0 Å². The van der Waals surface area contributed by atoms with Gasteiger partial charge in [-0.15, -0.1) is 0 Å². The molecule has 1 aromatic heterocycles. The molecule has 0 aliphatic carbocycles. The van der Waals surface area contributed by atoms with Crippen LogP contribution in [0.2, 0.25) is 10.0 Å². The minimum atomic E-state index is -0.533. The molecule has 1 aromatic carbocycles. The second-order valence-corrected chi connectivity index (χ2v) is 5.84. The Kier molecular flexibility index (Phi) is 5.02. The van der Waals surface area contributed by atoms with Gasteiger partial charge in [0.15, 0.2) is 0 Å². The van der Waals surface area contributed by atoms with E-state index >= 15 is 0 Å². The quantitative estimate of drug-likeness (QED) is 0.921. The Bertz CT molecular complexity index is 584. The van der Waals surface area contributed by atoms with Crippen LogP contribution in [0.15, 0.2) is 24.5 Å². The number of halogens is 2. The zero-order valence-corrected chi connectivity index (χ0v) is 12.9. The maximum atomic E-state index is 10.2. The molecule has 0 bridgehead atoms. The van der Waals surface area contributed by atoms with Gasteiger partial charge in [0, 0.05) is 12.5 Å². The molecule has 6 heteroatoms. The van der Waals surface area contributed by atoms with E-state index in [-0.39, 0.29) is 6.04 Å². The molecule has 0 aliphatic heterocycles. The van der Waals surface area contributed by atoms with Gasteiger partial charge in [0.25, 0.3) is 0 Å². The fraction of sp³-hybridized carbons (Fsp3) is 0.429. The molecule has 2 rings (SSSR count). The fourth-order valence-electron chi connectivity index (χ4n) is 2.07. The maximum absolute atomic E-state index is 10.2. The van der Waals surface area contributed by atoms with E-state index in [0.717, 1.165) is 11.4 Å². The van der Waals surface area contributed by atoms with Crippen LogP contribution in [-0.4, -0.2) is 26.0 Å². The average molecular weight is 314 g/mol. The number of aliphatic hydroxyl groups is 1. The molecular weight excluding hydrogens is 297 g/mol. The van der Waals surface area contributed by atoms with Crippen molar-refractivity contribution in [3.63, 3.8) is 0 Å². The third kappa shape index (κ3) is 3.72. The number of aliphatic hydroxyl groups excluding tert-OH is 1. The fourth-order valence-corrected chi connectivity index (χ4v) is 2.39. The third-order valence-electron chi connectivity index (χ3n) is 3.01. The van der Waals surface area contributed by atoms with Crippen molar-refractivity contribution >= 4 is 23.2 Å². The normalized spacial score (nSPS) is 12.9. The lowest BCUT2D eigenvalue weighted by Crippen LogP contribution is -2.18. The number of aromatic nitrogens is 3. The van der Waals surface area contributed by atoms with Gasteiger partial charge in [-0.3, -0.25) is 0 Å². The van der Waals surface area contributed by atoms with Crippen LogP contribution in [0.4, 0.5) is 0 Å². The molecule has 4 nitrogen and oxygen atoms in total. The maximum Gasteiger partial charge on any atom is 0.138 e. The summed E-state index contributed by atoms with van der Waals surface area (Å²) in [5.41, 5.74) is 0.947. The summed E-state index contributed by atoms with van der Waals surface area (Å²) < 4.78 is 1.82. The summed E-state index contributed by atoms with van der Waals surface area (Å²) in [6.45, 7) is 4.06. The van der Waals surface area contributed by atoms with Crippen LogP contribution < -0.4 is 0 Å². The van der Waals surface area contributed by atoms with Gasteiger partial charge in [-0.05, 0) is 38.0 Å². The molecule has 0 fully saturated rings. The van der Waals surface area contributed by atoms with E-state index in [0.29, 0.717) is 22.9 Å². The smallest absolute Gasteiger partial charge is 0.138 e. The van der Waals surface area contributed by atoms with Crippen molar-refractivity contribution in [2.24, 2.45) is 0 Å². The largest absolute Gasteiger partial charge is 0.392 e. The predicted octanol–water partition coefficient (Wildman–Crippen LogP) is 3.31. The summed E-state index contributed by atoms with van der Waals surface area (Å²) in [5, 5.41) is 15.4. The Labute approximate surface area is 128 Å². The van der Waals surface area contributed by atoms with E-state index in [1.807, 2.05) is 24.6 Å². The molecule has 0 amide bonds. The van der Waals surface area contributed by atoms with E-state index in [2.05, 4.69) is 10.1 Å². The molecule has 108 valence electrons. The monoisotopic (exact) mass is 313 g/mol. The van der Waals surface area contributed by atoms with Crippen molar-refractivity contribution in [3.8, 4) is 0 Å². The standard InChI is InChI=1S/C14H17Cl2N3O/c1-9(2)19-14(17-8-18-19)7-11(20)5-10-3-4-12(15)13(16)6-10/h3-4,6,8-9,11,20H,5,7H2,1-2H3. The van der Waals surface area contributed by atoms with E-state index < -0.39 is 6.10 Å². The Balaban J connectivity index is 2.03. The van der Waals surface area contributed by atoms with Crippen molar-refractivity contribution in [2.75, 3.05) is 0 Å². The molecule has 1 atom stereocenters. The van der Waals surface area contributed by atoms with Gasteiger partial charge < -0.3 is 5.11 Å². The van der Waals surface area contributed by atoms with Gasteiger partial charge >= 0.3 is 0 Å². The molecule has 0 saturated carbocycles. The molecule has 1 N–H and O–H groups in total. The second kappa shape index (κ2) is 6.57. The summed E-state index contributed by atoms with van der Waals surface area (Å²) in [4.78, 5) is 4.20. The summed E-state index contributed by atoms with van der Waals surface area (Å²) in [5.74, 6) is 0.785. The highest BCUT2D eigenvalue weighted by Gasteiger charge is 2.14. The number of hydrogen-bond donors (Lipinski definition) is 1. The Morgan fingerprint density at radius 2 is 1.95 bits per heavy atom. The predicted molar refractivity (Wildman–Crippen MR) is 80.3 cm³/mol. The summed E-state index contributed by atoms with van der Waals surface area (Å²) in [6.07, 6.45) is 1.94. The molecule has 0 saturated heterocycles. The van der Waals surface area contributed by atoms with E-state index in [9.17, 15) is 5.11 Å². The van der Waals surface area contributed by atoms with Crippen molar-refractivity contribution in [2.45, 2.75) is 38.8 Å². The van der Waals surface area contributed by atoms with Crippen LogP contribution in [0.3, 0.4) is 0 Å². The Morgan fingerprint density at radius 3 is 2.60 bits per heavy atom. The SMILES string of the molecule is CC(C)n1ncnc1CC(O)Cc1ccc(Cl)c(Cl)c1. The van der Waals surface area contributed by atoms with Crippen molar-refractivity contribution in [1.82, 2.24) is 14.8 Å². The number of benzene rings is 1. The topological polar surface area (TPSA) is 50.9 Å². The lowest BCUT2D eigenvalue weighted by atomic mass is 10.1. The van der Waals surface area contributed by atoms with Crippen molar-refractivity contribution < 1.29 is 5.11 Å². The van der Waals surface area contributed by atoms with Gasteiger partial charge in [0.1, 0.15) is 12.2 Å². The Hall–Kier alpha value is -1.10. The lowest BCUT2D eigenvalue weighted by molar-refractivity contribution is 0.170. The first-order valence-corrected chi connectivity index (χ1v) is 7.23. The van der Waals surface area contributed by atoms with Crippen LogP contribution in [0.1, 0.15) is 31.3 Å². The first-order chi connectivity index (χ1) is 9.47. The van der Waals surface area contributed by atoms with Gasteiger partial charge in [-0.1, -0.05) is 29.3 Å². The van der Waals surface area contributed by atoms with E-state index in [4.69, 9.17) is 23.2 Å². The minimum absolute atomic E-state index is 0.227. The first-order valence-electron chi connectivity index (χ1n) is 6.47. The molecule has 0 spiro atoms. The highest BCUT2D eigenvalue weighted by molar-refractivity contribution is 6.42. The van der Waals surface area contributed by atoms with Gasteiger partial charge in [-0.2, -0.15) is 5.10 Å². The van der Waals surface area contributed by atoms with Gasteiger partial charge in [0.05, 0.1) is 16.1 Å². The highest BCUT2D eigenvalue weighted by Crippen LogP contribution is 2.23. The molecular formula is C14H17Cl2N3O. The first kappa shape index (κ1) is 15.3. The van der Waals surface area contributed by atoms with Crippen LogP contribution in [0.25, 0.3) is 0 Å². The van der Waals surface area contributed by atoms with Crippen LogP contribution in [-0.2, 0) is 12.8 Å². The summed E-state index contributed by atoms with van der Waals surface area (Å²) >= 11 is 11.8. The third-order valence-corrected chi connectivity index (χ3v) is 3.75. The molecule has 2 aromatic rings. The van der Waals surface area contributed by atoms with Crippen LogP contribution >= 0.6 is 23.2 Å². The molecule has 0 radical (unpaired) electrons. The zero-order valence-electron chi connectivity index (χ0n) is 11.4. The summed E-state index contributed by atoms with van der Waals surface area (Å²) in [6, 6.07) is 5.61. The molecule has 20 heavy (non-hydrogen) atoms. The second-order valence-electron chi connectivity index (χ2n) is 5.03. The van der Waals surface area contributed by atoms with Crippen LogP contribution in [0, 0.1) is 0 Å². The molecule has 1 unspecified atom stereocenters. The summed E-state index contributed by atoms with van der Waals surface area (Å²) in [7, 11) is 0. The Morgan fingerprint density at radius 1 is 1.20 bits per heavy atom. The number of nitrogens with zero attached hydrogens (tertiary/aromatic N) is 3. The molecule has 1 heterocycles.